The van der Waals surface area contributed by atoms with Crippen LogP contribution in [0.15, 0.2) is 64.0 Å². The fourth-order valence-corrected chi connectivity index (χ4v) is 4.75. The Morgan fingerprint density at radius 2 is 1.73 bits per heavy atom. The summed E-state index contributed by atoms with van der Waals surface area (Å²) in [6.07, 6.45) is 5.63. The maximum absolute atomic E-state index is 13.1. The topological polar surface area (TPSA) is 49.4 Å². The van der Waals surface area contributed by atoms with Crippen molar-refractivity contribution in [2.75, 3.05) is 5.75 Å². The summed E-state index contributed by atoms with van der Waals surface area (Å²) < 4.78 is 0.992. The third-order valence-electron chi connectivity index (χ3n) is 5.49. The van der Waals surface area contributed by atoms with Crippen molar-refractivity contribution in [3.05, 3.63) is 64.6 Å². The zero-order chi connectivity index (χ0) is 21.3. The molecular formula is C24H29BrN2O2S. The summed E-state index contributed by atoms with van der Waals surface area (Å²) in [4.78, 5) is 28.9. The van der Waals surface area contributed by atoms with Crippen LogP contribution in [-0.2, 0) is 16.1 Å². The summed E-state index contributed by atoms with van der Waals surface area (Å²) in [5.41, 5.74) is 1.01. The Morgan fingerprint density at radius 1 is 1.07 bits per heavy atom. The predicted molar refractivity (Wildman–Crippen MR) is 126 cm³/mol. The normalized spacial score (nSPS) is 15.4. The molecule has 1 atom stereocenters. The first-order chi connectivity index (χ1) is 14.5. The zero-order valence-electron chi connectivity index (χ0n) is 17.4. The van der Waals surface area contributed by atoms with Gasteiger partial charge < -0.3 is 10.2 Å². The molecule has 0 heterocycles. The van der Waals surface area contributed by atoms with Gasteiger partial charge in [0.1, 0.15) is 6.04 Å². The molecule has 1 fully saturated rings. The molecule has 2 aromatic carbocycles. The second-order valence-electron chi connectivity index (χ2n) is 7.77. The molecule has 1 N–H and O–H groups in total. The van der Waals surface area contributed by atoms with Crippen molar-refractivity contribution >= 4 is 39.5 Å². The molecule has 1 saturated carbocycles. The van der Waals surface area contributed by atoms with E-state index in [4.69, 9.17) is 0 Å². The van der Waals surface area contributed by atoms with E-state index in [0.29, 0.717) is 12.3 Å². The Kier molecular flexibility index (Phi) is 8.82. The molecule has 6 heteroatoms. The molecule has 0 radical (unpaired) electrons. The quantitative estimate of drug-likeness (QED) is 0.505. The molecule has 0 spiro atoms. The van der Waals surface area contributed by atoms with Crippen LogP contribution in [-0.4, -0.2) is 34.6 Å². The van der Waals surface area contributed by atoms with Gasteiger partial charge in [0.2, 0.25) is 11.8 Å². The number of carbonyl (C=O) groups excluding carboxylic acids is 2. The molecule has 2 amide bonds. The molecule has 0 bridgehead atoms. The molecule has 0 saturated heterocycles. The molecule has 1 aliphatic carbocycles. The largest absolute Gasteiger partial charge is 0.352 e. The number of halogens is 1. The number of nitrogens with one attached hydrogen (secondary N) is 1. The van der Waals surface area contributed by atoms with Gasteiger partial charge in [0.15, 0.2) is 0 Å². The first-order valence-electron chi connectivity index (χ1n) is 10.5. The molecule has 2 aromatic rings. The van der Waals surface area contributed by atoms with Crippen molar-refractivity contribution in [2.24, 2.45) is 0 Å². The van der Waals surface area contributed by atoms with Gasteiger partial charge in [0.05, 0.1) is 5.75 Å². The minimum atomic E-state index is -0.514. The molecule has 160 valence electrons. The molecule has 1 unspecified atom stereocenters. The van der Waals surface area contributed by atoms with E-state index in [1.54, 1.807) is 4.90 Å². The van der Waals surface area contributed by atoms with E-state index in [1.165, 1.54) is 18.2 Å². The smallest absolute Gasteiger partial charge is 0.242 e. The van der Waals surface area contributed by atoms with Crippen LogP contribution in [0.5, 0.6) is 0 Å². The Hall–Kier alpha value is -1.79. The Labute approximate surface area is 191 Å². The lowest BCUT2D eigenvalue weighted by Crippen LogP contribution is -2.50. The lowest BCUT2D eigenvalue weighted by molar-refractivity contribution is -0.139. The van der Waals surface area contributed by atoms with Crippen molar-refractivity contribution in [3.63, 3.8) is 0 Å². The fraction of sp³-hybridized carbons (Fsp3) is 0.417. The van der Waals surface area contributed by atoms with Gasteiger partial charge in [0.25, 0.3) is 0 Å². The monoisotopic (exact) mass is 488 g/mol. The number of rotatable bonds is 8. The van der Waals surface area contributed by atoms with Crippen LogP contribution in [0.2, 0.25) is 0 Å². The van der Waals surface area contributed by atoms with Crippen LogP contribution < -0.4 is 5.32 Å². The Bertz CT molecular complexity index is 823. The first-order valence-corrected chi connectivity index (χ1v) is 12.3. The minimum Gasteiger partial charge on any atom is -0.352 e. The average Bonchev–Trinajstić information content (AvgIpc) is 2.78. The van der Waals surface area contributed by atoms with E-state index in [0.717, 1.165) is 40.6 Å². The van der Waals surface area contributed by atoms with Crippen LogP contribution in [0.4, 0.5) is 0 Å². The van der Waals surface area contributed by atoms with Gasteiger partial charge in [-0.15, -0.1) is 11.8 Å². The SMILES string of the molecule is CC(C(=O)NC1CCCCC1)N(Cc1ccc(Br)cc1)C(=O)CSc1ccccc1. The van der Waals surface area contributed by atoms with Gasteiger partial charge >= 0.3 is 0 Å². The summed E-state index contributed by atoms with van der Waals surface area (Å²) in [7, 11) is 0. The second kappa shape index (κ2) is 11.6. The molecule has 0 aliphatic heterocycles. The van der Waals surface area contributed by atoms with Gasteiger partial charge in [-0.3, -0.25) is 9.59 Å². The average molecular weight is 489 g/mol. The maximum atomic E-state index is 13.1. The van der Waals surface area contributed by atoms with Crippen LogP contribution in [0.25, 0.3) is 0 Å². The van der Waals surface area contributed by atoms with Crippen molar-refractivity contribution < 1.29 is 9.59 Å². The van der Waals surface area contributed by atoms with Crippen molar-refractivity contribution in [2.45, 2.75) is 62.6 Å². The molecule has 30 heavy (non-hydrogen) atoms. The van der Waals surface area contributed by atoms with E-state index >= 15 is 0 Å². The van der Waals surface area contributed by atoms with Gasteiger partial charge in [-0.05, 0) is 49.6 Å². The number of carbonyl (C=O) groups is 2. The second-order valence-corrected chi connectivity index (χ2v) is 9.73. The summed E-state index contributed by atoms with van der Waals surface area (Å²) in [5.74, 6) is 0.219. The van der Waals surface area contributed by atoms with E-state index in [1.807, 2.05) is 61.5 Å². The predicted octanol–water partition coefficient (Wildman–Crippen LogP) is 5.41. The summed E-state index contributed by atoms with van der Waals surface area (Å²) in [6.45, 7) is 2.25. The number of thioether (sulfide) groups is 1. The highest BCUT2D eigenvalue weighted by molar-refractivity contribution is 9.10. The van der Waals surface area contributed by atoms with Gasteiger partial charge in [-0.25, -0.2) is 0 Å². The molecule has 4 nitrogen and oxygen atoms in total. The lowest BCUT2D eigenvalue weighted by atomic mass is 9.95. The van der Waals surface area contributed by atoms with E-state index in [9.17, 15) is 9.59 Å². The highest BCUT2D eigenvalue weighted by Crippen LogP contribution is 2.21. The molecule has 0 aromatic heterocycles. The first kappa shape index (κ1) is 22.9. The van der Waals surface area contributed by atoms with E-state index < -0.39 is 6.04 Å². The maximum Gasteiger partial charge on any atom is 0.242 e. The third-order valence-corrected chi connectivity index (χ3v) is 7.02. The van der Waals surface area contributed by atoms with Crippen molar-refractivity contribution in [3.8, 4) is 0 Å². The Balaban J connectivity index is 1.68. The van der Waals surface area contributed by atoms with Crippen LogP contribution in [0, 0.1) is 0 Å². The Morgan fingerprint density at radius 3 is 2.40 bits per heavy atom. The van der Waals surface area contributed by atoms with Crippen LogP contribution in [0.1, 0.15) is 44.6 Å². The lowest BCUT2D eigenvalue weighted by Gasteiger charge is -2.31. The number of benzene rings is 2. The number of hydrogen-bond acceptors (Lipinski definition) is 3. The highest BCUT2D eigenvalue weighted by Gasteiger charge is 2.28. The van der Waals surface area contributed by atoms with Crippen molar-refractivity contribution in [1.29, 1.82) is 0 Å². The summed E-state index contributed by atoms with van der Waals surface area (Å²) in [5, 5.41) is 3.18. The number of hydrogen-bond donors (Lipinski definition) is 1. The standard InChI is InChI=1S/C24H29BrN2O2S/c1-18(24(29)26-21-8-4-2-5-9-21)27(16-19-12-14-20(25)15-13-19)23(28)17-30-22-10-6-3-7-11-22/h3,6-7,10-15,18,21H,2,4-5,8-9,16-17H2,1H3,(H,26,29). The zero-order valence-corrected chi connectivity index (χ0v) is 19.8. The molecule has 3 rings (SSSR count). The highest BCUT2D eigenvalue weighted by atomic mass is 79.9. The number of nitrogens with zero attached hydrogens (tertiary/aromatic N) is 1. The van der Waals surface area contributed by atoms with Crippen molar-refractivity contribution in [1.82, 2.24) is 10.2 Å². The van der Waals surface area contributed by atoms with E-state index in [2.05, 4.69) is 21.2 Å². The van der Waals surface area contributed by atoms with Gasteiger partial charge in [-0.2, -0.15) is 0 Å². The molecular weight excluding hydrogens is 460 g/mol. The van der Waals surface area contributed by atoms with Crippen LogP contribution in [0.3, 0.4) is 0 Å². The molecule has 1 aliphatic rings. The summed E-state index contributed by atoms with van der Waals surface area (Å²) >= 11 is 4.95. The number of amides is 2. The third kappa shape index (κ3) is 6.88. The van der Waals surface area contributed by atoms with E-state index in [-0.39, 0.29) is 17.9 Å². The van der Waals surface area contributed by atoms with Crippen LogP contribution >= 0.6 is 27.7 Å². The minimum absolute atomic E-state index is 0.0296. The fourth-order valence-electron chi connectivity index (χ4n) is 3.68. The van der Waals surface area contributed by atoms with Gasteiger partial charge in [-0.1, -0.05) is 65.5 Å². The summed E-state index contributed by atoms with van der Waals surface area (Å²) in [6, 6.07) is 17.5. The van der Waals surface area contributed by atoms with Gasteiger partial charge in [0, 0.05) is 22.0 Å².